The molecule has 2 heterocycles. The van der Waals surface area contributed by atoms with E-state index >= 15 is 0 Å². The third-order valence-electron chi connectivity index (χ3n) is 14.1. The Balaban J connectivity index is 0.00000141. The Morgan fingerprint density at radius 1 is 0.536 bits per heavy atom. The van der Waals surface area contributed by atoms with E-state index in [0.29, 0.717) is 107 Å². The number of nitrogens with one attached hydrogen (secondary N) is 2. The number of hydrogen-bond donors (Lipinski definition) is 2. The minimum atomic E-state index is -1.11. The number of carboxylic acid groups (broad SMARTS) is 2. The van der Waals surface area contributed by atoms with Gasteiger partial charge >= 0.3 is 23.9 Å². The SMILES string of the molecule is C=C(C)C(=O)OCC[N+](C)(C)CCC(=O)NCCN1C(=O)C=CC1=O.C=C(C)C(=O)OCC[N+](C)(C)CCC(=O)[O-].CCC(C)(CCC(C)C(=O)OCC[N+](C)(C)CCC(=O)NCCN1C(=O)C=CC1=O)C(=O)OCC[N+](C)(C)CCC(=O)[O-]. The van der Waals surface area contributed by atoms with Crippen molar-refractivity contribution in [1.29, 1.82) is 0 Å². The molecule has 0 aromatic rings. The zero-order valence-electron chi connectivity index (χ0n) is 52.1. The molecule has 6 amide bonds. The molecule has 2 aliphatic heterocycles. The van der Waals surface area contributed by atoms with Crippen molar-refractivity contribution in [1.82, 2.24) is 20.4 Å². The molecule has 0 spiro atoms. The lowest BCUT2D eigenvalue weighted by Gasteiger charge is -2.31. The van der Waals surface area contributed by atoms with Crippen LogP contribution in [0.1, 0.15) is 79.6 Å². The van der Waals surface area contributed by atoms with Crippen molar-refractivity contribution in [2.75, 3.05) is 161 Å². The average molecular weight is 1190 g/mol. The van der Waals surface area contributed by atoms with E-state index in [4.69, 9.17) is 18.9 Å². The predicted octanol–water partition coefficient (Wildman–Crippen LogP) is -1.44. The van der Waals surface area contributed by atoms with E-state index < -0.39 is 35.2 Å². The molecule has 2 aliphatic rings. The normalized spacial score (nSPS) is 14.2. The summed E-state index contributed by atoms with van der Waals surface area (Å²) in [5.74, 6) is -5.95. The quantitative estimate of drug-likeness (QED) is 0.0235. The van der Waals surface area contributed by atoms with E-state index in [-0.39, 0.29) is 119 Å². The molecule has 84 heavy (non-hydrogen) atoms. The third kappa shape index (κ3) is 33.8. The standard InChI is InChI=1S/C30H50N4O9.C17H25N3O5.C11H19NO4/c1-8-30(3,29(41)43-22-20-34(6,7)18-13-27(38)39)14-11-23(2)28(40)42-21-19-33(4,5)17-12-24(35)31-15-16-32-25(36)9-10-26(32)37;1-13(2)17(24)25-12-11-20(3,4)10-7-14(21)18-8-9-19-15(22)5-6-16(19)23;1-9(2)11(15)16-8-7-12(3,4)6-5-10(13)14/h9-10,23H,8,11-22H2,1-7H3;5-6H,1,7-12H2,2-4H3;1,5-8H2,2-4H3/p+2. The van der Waals surface area contributed by atoms with Gasteiger partial charge in [0.1, 0.15) is 52.6 Å². The highest BCUT2D eigenvalue weighted by Crippen LogP contribution is 2.31. The summed E-state index contributed by atoms with van der Waals surface area (Å²) < 4.78 is 22.8. The molecule has 0 aromatic carbocycles. The number of aliphatic carboxylic acids is 2. The molecule has 26 nitrogen and oxygen atoms in total. The Morgan fingerprint density at radius 2 is 0.845 bits per heavy atom. The number of rotatable bonds is 38. The monoisotopic (exact) mass is 1190 g/mol. The second-order valence-corrected chi connectivity index (χ2v) is 23.8. The van der Waals surface area contributed by atoms with E-state index in [9.17, 15) is 67.7 Å². The Labute approximate surface area is 495 Å². The van der Waals surface area contributed by atoms with Crippen molar-refractivity contribution < 1.29 is 105 Å². The lowest BCUT2D eigenvalue weighted by molar-refractivity contribution is -0.890. The highest BCUT2D eigenvalue weighted by Gasteiger charge is 2.35. The molecule has 0 aromatic heterocycles. The van der Waals surface area contributed by atoms with Crippen LogP contribution in [0.4, 0.5) is 0 Å². The van der Waals surface area contributed by atoms with Crippen molar-refractivity contribution >= 4 is 71.3 Å². The summed E-state index contributed by atoms with van der Waals surface area (Å²) in [4.78, 5) is 141. The van der Waals surface area contributed by atoms with Gasteiger partial charge in [-0.05, 0) is 40.0 Å². The Morgan fingerprint density at radius 3 is 1.15 bits per heavy atom. The molecule has 2 atom stereocenters. The van der Waals surface area contributed by atoms with E-state index in [1.807, 2.05) is 70.2 Å². The Hall–Kier alpha value is -7.16. The number of hydrogen-bond acceptors (Lipinski definition) is 18. The summed E-state index contributed by atoms with van der Waals surface area (Å²) in [6, 6.07) is 0. The van der Waals surface area contributed by atoms with Crippen LogP contribution < -0.4 is 20.8 Å². The molecule has 0 fully saturated rings. The number of carbonyl (C=O) groups excluding carboxylic acids is 12. The van der Waals surface area contributed by atoms with E-state index in [2.05, 4.69) is 23.8 Å². The Kier molecular flexibility index (Phi) is 34.0. The molecule has 0 saturated carbocycles. The lowest BCUT2D eigenvalue weighted by atomic mass is 9.81. The fourth-order valence-corrected chi connectivity index (χ4v) is 7.33. The van der Waals surface area contributed by atoms with Gasteiger partial charge in [0, 0.05) is 86.4 Å². The van der Waals surface area contributed by atoms with Crippen LogP contribution in [0, 0.1) is 11.3 Å². The zero-order chi connectivity index (χ0) is 64.6. The van der Waals surface area contributed by atoms with Crippen LogP contribution in [0.3, 0.4) is 0 Å². The molecule has 26 heteroatoms. The number of carbonyl (C=O) groups is 12. The fraction of sp³-hybridized carbons (Fsp3) is 0.655. The van der Waals surface area contributed by atoms with E-state index in [1.54, 1.807) is 20.8 Å². The molecule has 474 valence electrons. The molecule has 2 rings (SSSR count). The number of likely N-dealkylation sites (N-methyl/N-ethyl adjacent to an activating group) is 4. The molecule has 0 bridgehead atoms. The lowest BCUT2D eigenvalue weighted by Crippen LogP contribution is -2.45. The smallest absolute Gasteiger partial charge is 0.333 e. The second-order valence-electron chi connectivity index (χ2n) is 23.8. The van der Waals surface area contributed by atoms with Crippen molar-refractivity contribution in [3.05, 3.63) is 48.6 Å². The van der Waals surface area contributed by atoms with Crippen molar-refractivity contribution in [3.63, 3.8) is 0 Å². The molecular weight excluding hydrogens is 1100 g/mol. The minimum Gasteiger partial charge on any atom is -0.550 e. The van der Waals surface area contributed by atoms with E-state index in [0.717, 1.165) is 9.80 Å². The summed E-state index contributed by atoms with van der Waals surface area (Å²) in [6.07, 6.45) is 6.74. The maximum absolute atomic E-state index is 12.9. The van der Waals surface area contributed by atoms with Gasteiger partial charge in [-0.25, -0.2) is 9.59 Å². The fourth-order valence-electron chi connectivity index (χ4n) is 7.33. The van der Waals surface area contributed by atoms with Crippen LogP contribution in [0.2, 0.25) is 0 Å². The number of esters is 4. The highest BCUT2D eigenvalue weighted by atomic mass is 16.5. The molecule has 0 saturated heterocycles. The summed E-state index contributed by atoms with van der Waals surface area (Å²) in [7, 11) is 15.2. The first-order valence-corrected chi connectivity index (χ1v) is 28.1. The summed E-state index contributed by atoms with van der Waals surface area (Å²) in [6.45, 7) is 21.2. The molecule has 0 aliphatic carbocycles. The maximum Gasteiger partial charge on any atom is 0.333 e. The average Bonchev–Trinajstić information content (AvgIpc) is 4.06. The predicted molar refractivity (Wildman–Crippen MR) is 304 cm³/mol. The van der Waals surface area contributed by atoms with Gasteiger partial charge in [0.25, 0.3) is 23.6 Å². The first-order valence-electron chi connectivity index (χ1n) is 28.1. The zero-order valence-corrected chi connectivity index (χ0v) is 52.1. The third-order valence-corrected chi connectivity index (χ3v) is 14.1. The first kappa shape index (κ1) is 76.8. The number of nitrogens with zero attached hydrogens (tertiary/aromatic N) is 6. The van der Waals surface area contributed by atoms with Gasteiger partial charge in [0.2, 0.25) is 11.8 Å². The van der Waals surface area contributed by atoms with Crippen molar-refractivity contribution in [2.45, 2.75) is 79.6 Å². The minimum absolute atomic E-state index is 0.00142. The largest absolute Gasteiger partial charge is 0.550 e. The van der Waals surface area contributed by atoms with Crippen LogP contribution in [0.15, 0.2) is 48.6 Å². The molecule has 0 radical (unpaired) electrons. The topological polar surface area (TPSA) is 318 Å². The number of quaternary nitrogens is 4. The molecular formula is C58H96N8O18+2. The molecule has 2 unspecified atom stereocenters. The van der Waals surface area contributed by atoms with Gasteiger partial charge in [-0.2, -0.15) is 0 Å². The Bertz CT molecular complexity index is 2360. The van der Waals surface area contributed by atoms with Gasteiger partial charge < -0.3 is 67.3 Å². The van der Waals surface area contributed by atoms with Crippen LogP contribution >= 0.6 is 0 Å². The van der Waals surface area contributed by atoms with Crippen LogP contribution in [0.25, 0.3) is 0 Å². The van der Waals surface area contributed by atoms with Crippen LogP contribution in [-0.2, 0) is 76.5 Å². The van der Waals surface area contributed by atoms with Gasteiger partial charge in [-0.1, -0.05) is 27.0 Å². The van der Waals surface area contributed by atoms with Gasteiger partial charge in [-0.3, -0.25) is 48.2 Å². The van der Waals surface area contributed by atoms with E-state index in [1.165, 1.54) is 24.3 Å². The maximum atomic E-state index is 12.9. The number of ether oxygens (including phenoxy) is 4. The number of amides is 6. The van der Waals surface area contributed by atoms with Crippen molar-refractivity contribution in [3.8, 4) is 0 Å². The molecule has 2 N–H and O–H groups in total. The summed E-state index contributed by atoms with van der Waals surface area (Å²) in [5.41, 5.74) is -0.0399. The summed E-state index contributed by atoms with van der Waals surface area (Å²) in [5, 5.41) is 26.4. The van der Waals surface area contributed by atoms with Crippen LogP contribution in [-0.4, -0.2) is 260 Å². The van der Waals surface area contributed by atoms with Gasteiger partial charge in [0.05, 0.1) is 107 Å². The first-order chi connectivity index (χ1) is 38.8. The number of carboxylic acids is 2. The van der Waals surface area contributed by atoms with Gasteiger partial charge in [-0.15, -0.1) is 0 Å². The highest BCUT2D eigenvalue weighted by molar-refractivity contribution is 6.13. The van der Waals surface area contributed by atoms with Crippen LogP contribution in [0.5, 0.6) is 0 Å². The van der Waals surface area contributed by atoms with Gasteiger partial charge in [0.15, 0.2) is 0 Å². The number of imide groups is 2. The summed E-state index contributed by atoms with van der Waals surface area (Å²) >= 11 is 0. The van der Waals surface area contributed by atoms with Crippen molar-refractivity contribution in [2.24, 2.45) is 11.3 Å². The second kappa shape index (κ2) is 37.2.